The van der Waals surface area contributed by atoms with E-state index in [4.69, 9.17) is 10.5 Å². The third kappa shape index (κ3) is 5.14. The Morgan fingerprint density at radius 2 is 1.89 bits per heavy atom. The highest BCUT2D eigenvalue weighted by molar-refractivity contribution is 5.93. The van der Waals surface area contributed by atoms with Crippen LogP contribution in [-0.4, -0.2) is 37.9 Å². The molecule has 3 rings (SSSR count). The number of ether oxygens (including phenoxy) is 1. The van der Waals surface area contributed by atoms with E-state index in [-0.39, 0.29) is 0 Å². The SMILES string of the molecule is COc1ccccc1NC(N)=NCc1ccc(N2CCC(CO)CC2)cc1. The number of nitrogens with two attached hydrogens (primary N) is 1. The van der Waals surface area contributed by atoms with Gasteiger partial charge in [0, 0.05) is 25.4 Å². The zero-order chi connectivity index (χ0) is 19.1. The maximum atomic E-state index is 9.26. The van der Waals surface area contributed by atoms with Crippen molar-refractivity contribution in [3.63, 3.8) is 0 Å². The summed E-state index contributed by atoms with van der Waals surface area (Å²) in [4.78, 5) is 6.79. The molecule has 2 aromatic carbocycles. The maximum absolute atomic E-state index is 9.26. The Morgan fingerprint density at radius 1 is 1.19 bits per heavy atom. The van der Waals surface area contributed by atoms with Crippen LogP contribution in [0.5, 0.6) is 5.75 Å². The van der Waals surface area contributed by atoms with E-state index in [2.05, 4.69) is 39.5 Å². The van der Waals surface area contributed by atoms with Crippen molar-refractivity contribution >= 4 is 17.3 Å². The molecule has 0 amide bonds. The predicted molar refractivity (Wildman–Crippen MR) is 110 cm³/mol. The van der Waals surface area contributed by atoms with Crippen molar-refractivity contribution in [3.8, 4) is 5.75 Å². The molecule has 1 fully saturated rings. The summed E-state index contributed by atoms with van der Waals surface area (Å²) in [6.45, 7) is 2.81. The van der Waals surface area contributed by atoms with Crippen LogP contribution in [0.4, 0.5) is 11.4 Å². The second-order valence-electron chi connectivity index (χ2n) is 6.81. The maximum Gasteiger partial charge on any atom is 0.193 e. The molecule has 1 heterocycles. The molecule has 144 valence electrons. The fourth-order valence-electron chi connectivity index (χ4n) is 3.29. The van der Waals surface area contributed by atoms with Crippen molar-refractivity contribution in [3.05, 3.63) is 54.1 Å². The van der Waals surface area contributed by atoms with Crippen LogP contribution in [0, 0.1) is 5.92 Å². The van der Waals surface area contributed by atoms with E-state index in [9.17, 15) is 5.11 Å². The molecule has 6 nitrogen and oxygen atoms in total. The smallest absolute Gasteiger partial charge is 0.193 e. The fraction of sp³-hybridized carbons (Fsp3) is 0.381. The van der Waals surface area contributed by atoms with Crippen LogP contribution >= 0.6 is 0 Å². The van der Waals surface area contributed by atoms with Gasteiger partial charge in [0.15, 0.2) is 5.96 Å². The first-order chi connectivity index (χ1) is 13.2. The van der Waals surface area contributed by atoms with E-state index in [1.165, 1.54) is 5.69 Å². The van der Waals surface area contributed by atoms with Crippen LogP contribution in [0.2, 0.25) is 0 Å². The number of anilines is 2. The standard InChI is InChI=1S/C21H28N4O2/c1-27-20-5-3-2-4-19(20)24-21(22)23-14-16-6-8-18(9-7-16)25-12-10-17(15-26)11-13-25/h2-9,17,26H,10-15H2,1H3,(H3,22,23,24). The molecule has 0 saturated carbocycles. The molecule has 6 heteroatoms. The molecule has 1 aliphatic rings. The topological polar surface area (TPSA) is 83.1 Å². The molecular weight excluding hydrogens is 340 g/mol. The Bertz CT molecular complexity index is 753. The molecule has 0 aliphatic carbocycles. The molecule has 0 bridgehead atoms. The zero-order valence-electron chi connectivity index (χ0n) is 15.8. The highest BCUT2D eigenvalue weighted by Gasteiger charge is 2.18. The van der Waals surface area contributed by atoms with Crippen molar-refractivity contribution in [2.45, 2.75) is 19.4 Å². The molecular formula is C21H28N4O2. The van der Waals surface area contributed by atoms with E-state index in [1.54, 1.807) is 7.11 Å². The second-order valence-corrected chi connectivity index (χ2v) is 6.81. The summed E-state index contributed by atoms with van der Waals surface area (Å²) >= 11 is 0. The number of benzene rings is 2. The molecule has 0 aromatic heterocycles. The number of methoxy groups -OCH3 is 1. The van der Waals surface area contributed by atoms with Crippen LogP contribution in [0.15, 0.2) is 53.5 Å². The number of aliphatic hydroxyl groups is 1. The number of aliphatic hydroxyl groups excluding tert-OH is 1. The lowest BCUT2D eigenvalue weighted by Gasteiger charge is -2.32. The van der Waals surface area contributed by atoms with Gasteiger partial charge in [0.05, 0.1) is 19.3 Å². The first-order valence-electron chi connectivity index (χ1n) is 9.34. The molecule has 0 spiro atoms. The van der Waals surface area contributed by atoms with Gasteiger partial charge in [0.25, 0.3) is 0 Å². The van der Waals surface area contributed by atoms with E-state index < -0.39 is 0 Å². The van der Waals surface area contributed by atoms with Crippen LogP contribution in [0.25, 0.3) is 0 Å². The van der Waals surface area contributed by atoms with Gasteiger partial charge in [-0.1, -0.05) is 24.3 Å². The highest BCUT2D eigenvalue weighted by Crippen LogP contribution is 2.24. The summed E-state index contributed by atoms with van der Waals surface area (Å²) in [5.41, 5.74) is 9.13. The first kappa shape index (κ1) is 19.0. The molecule has 4 N–H and O–H groups in total. The Kier molecular flexibility index (Phi) is 6.54. The second kappa shape index (κ2) is 9.28. The molecule has 1 saturated heterocycles. The van der Waals surface area contributed by atoms with Crippen LogP contribution in [0.1, 0.15) is 18.4 Å². The van der Waals surface area contributed by atoms with E-state index in [1.807, 2.05) is 24.3 Å². The number of piperidine rings is 1. The molecule has 1 aliphatic heterocycles. The Balaban J connectivity index is 1.55. The normalized spacial score (nSPS) is 15.6. The number of nitrogens with zero attached hydrogens (tertiary/aromatic N) is 2. The van der Waals surface area contributed by atoms with Gasteiger partial charge in [-0.05, 0) is 48.6 Å². The Labute approximate surface area is 160 Å². The van der Waals surface area contributed by atoms with Gasteiger partial charge >= 0.3 is 0 Å². The van der Waals surface area contributed by atoms with Gasteiger partial charge < -0.3 is 25.8 Å². The summed E-state index contributed by atoms with van der Waals surface area (Å²) in [6.07, 6.45) is 2.10. The van der Waals surface area contributed by atoms with Gasteiger partial charge in [-0.3, -0.25) is 0 Å². The van der Waals surface area contributed by atoms with Gasteiger partial charge in [-0.25, -0.2) is 4.99 Å². The number of hydrogen-bond donors (Lipinski definition) is 3. The Hall–Kier alpha value is -2.73. The quantitative estimate of drug-likeness (QED) is 0.539. The molecule has 0 unspecified atom stereocenters. The van der Waals surface area contributed by atoms with Gasteiger partial charge in [0.2, 0.25) is 0 Å². The summed E-state index contributed by atoms with van der Waals surface area (Å²) in [5.74, 6) is 1.54. The highest BCUT2D eigenvalue weighted by atomic mass is 16.5. The van der Waals surface area contributed by atoms with E-state index in [0.29, 0.717) is 25.0 Å². The predicted octanol–water partition coefficient (Wildman–Crippen LogP) is 2.83. The fourth-order valence-corrected chi connectivity index (χ4v) is 3.29. The van der Waals surface area contributed by atoms with Gasteiger partial charge in [-0.2, -0.15) is 0 Å². The third-order valence-electron chi connectivity index (χ3n) is 4.98. The van der Waals surface area contributed by atoms with Crippen LogP contribution in [-0.2, 0) is 6.54 Å². The van der Waals surface area contributed by atoms with Crippen molar-refractivity contribution in [2.24, 2.45) is 16.6 Å². The average Bonchev–Trinajstić information content (AvgIpc) is 2.73. The van der Waals surface area contributed by atoms with Crippen molar-refractivity contribution in [1.29, 1.82) is 0 Å². The minimum Gasteiger partial charge on any atom is -0.495 e. The summed E-state index contributed by atoms with van der Waals surface area (Å²) in [5, 5.41) is 12.3. The lowest BCUT2D eigenvalue weighted by atomic mass is 9.97. The first-order valence-corrected chi connectivity index (χ1v) is 9.34. The van der Waals surface area contributed by atoms with E-state index in [0.717, 1.165) is 42.9 Å². The minimum absolute atomic E-state index is 0.301. The summed E-state index contributed by atoms with van der Waals surface area (Å²) < 4.78 is 5.30. The Morgan fingerprint density at radius 3 is 2.56 bits per heavy atom. The van der Waals surface area contributed by atoms with Crippen LogP contribution < -0.4 is 20.7 Å². The molecule has 0 atom stereocenters. The summed E-state index contributed by atoms with van der Waals surface area (Å²) in [6, 6.07) is 16.0. The lowest BCUT2D eigenvalue weighted by Crippen LogP contribution is -2.34. The molecule has 2 aromatic rings. The molecule has 0 radical (unpaired) electrons. The van der Waals surface area contributed by atoms with Crippen LogP contribution in [0.3, 0.4) is 0 Å². The minimum atomic E-state index is 0.301. The number of rotatable bonds is 6. The monoisotopic (exact) mass is 368 g/mol. The van der Waals surface area contributed by atoms with E-state index >= 15 is 0 Å². The van der Waals surface area contributed by atoms with Gasteiger partial charge in [0.1, 0.15) is 5.75 Å². The summed E-state index contributed by atoms with van der Waals surface area (Å²) in [7, 11) is 1.63. The lowest BCUT2D eigenvalue weighted by molar-refractivity contribution is 0.203. The molecule has 27 heavy (non-hydrogen) atoms. The zero-order valence-corrected chi connectivity index (χ0v) is 15.8. The van der Waals surface area contributed by atoms with Gasteiger partial charge in [-0.15, -0.1) is 0 Å². The number of para-hydroxylation sites is 2. The van der Waals surface area contributed by atoms with Crippen molar-refractivity contribution < 1.29 is 9.84 Å². The third-order valence-corrected chi connectivity index (χ3v) is 4.98. The van der Waals surface area contributed by atoms with Crippen molar-refractivity contribution in [2.75, 3.05) is 37.0 Å². The number of guanidine groups is 1. The van der Waals surface area contributed by atoms with Crippen molar-refractivity contribution in [1.82, 2.24) is 0 Å². The number of aliphatic imine (C=N–C) groups is 1. The number of hydrogen-bond acceptors (Lipinski definition) is 4. The largest absolute Gasteiger partial charge is 0.495 e. The average molecular weight is 368 g/mol. The number of nitrogens with one attached hydrogen (secondary N) is 1.